The Bertz CT molecular complexity index is 688. The Labute approximate surface area is 147 Å². The summed E-state index contributed by atoms with van der Waals surface area (Å²) in [6.07, 6.45) is 0. The third kappa shape index (κ3) is 5.59. The van der Waals surface area contributed by atoms with Crippen molar-refractivity contribution in [1.82, 2.24) is 16.0 Å². The quantitative estimate of drug-likeness (QED) is 0.428. The highest BCUT2D eigenvalue weighted by Crippen LogP contribution is 2.14. The summed E-state index contributed by atoms with van der Waals surface area (Å²) in [4.78, 5) is 16.2. The van der Waals surface area contributed by atoms with Crippen LogP contribution in [0.5, 0.6) is 0 Å². The Morgan fingerprint density at radius 2 is 1.62 bits per heavy atom. The highest BCUT2D eigenvalue weighted by Gasteiger charge is 2.08. The van der Waals surface area contributed by atoms with Gasteiger partial charge in [-0.25, -0.2) is 0 Å². The second-order valence-corrected chi connectivity index (χ2v) is 5.48. The fourth-order valence-corrected chi connectivity index (χ4v) is 2.32. The molecule has 1 amide bonds. The van der Waals surface area contributed by atoms with E-state index in [0.717, 1.165) is 0 Å². The summed E-state index contributed by atoms with van der Waals surface area (Å²) in [5.74, 6) is 0.500. The van der Waals surface area contributed by atoms with Crippen LogP contribution in [0.15, 0.2) is 59.6 Å². The van der Waals surface area contributed by atoms with Crippen molar-refractivity contribution in [2.24, 2.45) is 4.99 Å². The molecule has 0 saturated carbocycles. The molecule has 0 aliphatic rings. The van der Waals surface area contributed by atoms with Crippen LogP contribution in [0, 0.1) is 0 Å². The maximum absolute atomic E-state index is 12.0. The van der Waals surface area contributed by atoms with Crippen LogP contribution in [0.2, 0.25) is 5.02 Å². The third-order valence-corrected chi connectivity index (χ3v) is 3.68. The van der Waals surface area contributed by atoms with E-state index < -0.39 is 0 Å². The van der Waals surface area contributed by atoms with Crippen molar-refractivity contribution in [3.63, 3.8) is 0 Å². The Hall–Kier alpha value is -2.53. The number of hydrogen-bond donors (Lipinski definition) is 3. The lowest BCUT2D eigenvalue weighted by Crippen LogP contribution is -2.41. The molecule has 0 aromatic heterocycles. The average molecular weight is 345 g/mol. The van der Waals surface area contributed by atoms with Crippen molar-refractivity contribution < 1.29 is 4.79 Å². The second-order valence-electron chi connectivity index (χ2n) is 5.07. The van der Waals surface area contributed by atoms with Crippen LogP contribution in [0.1, 0.15) is 15.9 Å². The monoisotopic (exact) mass is 344 g/mol. The molecule has 3 N–H and O–H groups in total. The van der Waals surface area contributed by atoms with E-state index in [2.05, 4.69) is 20.9 Å². The number of benzene rings is 2. The third-order valence-electron chi connectivity index (χ3n) is 3.35. The molecule has 0 aliphatic carbocycles. The van der Waals surface area contributed by atoms with Crippen LogP contribution >= 0.6 is 11.6 Å². The average Bonchev–Trinajstić information content (AvgIpc) is 2.62. The molecule has 0 spiro atoms. The van der Waals surface area contributed by atoms with E-state index in [1.165, 1.54) is 5.56 Å². The lowest BCUT2D eigenvalue weighted by atomic mass is 10.2. The molecule has 0 heterocycles. The van der Waals surface area contributed by atoms with Crippen molar-refractivity contribution in [3.8, 4) is 0 Å². The minimum atomic E-state index is -0.186. The van der Waals surface area contributed by atoms with Gasteiger partial charge in [-0.1, -0.05) is 54.1 Å². The molecule has 2 aromatic rings. The number of amides is 1. The van der Waals surface area contributed by atoms with Crippen molar-refractivity contribution in [1.29, 1.82) is 0 Å². The van der Waals surface area contributed by atoms with Gasteiger partial charge >= 0.3 is 0 Å². The highest BCUT2D eigenvalue weighted by atomic mass is 35.5. The summed E-state index contributed by atoms with van der Waals surface area (Å²) in [5, 5.41) is 9.64. The summed E-state index contributed by atoms with van der Waals surface area (Å²) in [6, 6.07) is 17.0. The molecule has 24 heavy (non-hydrogen) atoms. The number of carbonyl (C=O) groups excluding carboxylic acids is 1. The van der Waals surface area contributed by atoms with Gasteiger partial charge in [-0.3, -0.25) is 9.79 Å². The van der Waals surface area contributed by atoms with Crippen LogP contribution in [0.4, 0.5) is 0 Å². The zero-order valence-corrected chi connectivity index (χ0v) is 14.3. The normalized spacial score (nSPS) is 11.0. The van der Waals surface area contributed by atoms with E-state index in [0.29, 0.717) is 36.2 Å². The fourth-order valence-electron chi connectivity index (χ4n) is 2.10. The van der Waals surface area contributed by atoms with Gasteiger partial charge in [-0.15, -0.1) is 0 Å². The van der Waals surface area contributed by atoms with E-state index in [4.69, 9.17) is 11.6 Å². The molecule has 0 unspecified atom stereocenters. The Balaban J connectivity index is 1.70. The Morgan fingerprint density at radius 3 is 2.33 bits per heavy atom. The minimum absolute atomic E-state index is 0.186. The predicted octanol–water partition coefficient (Wildman–Crippen LogP) is 2.43. The van der Waals surface area contributed by atoms with E-state index >= 15 is 0 Å². The highest BCUT2D eigenvalue weighted by molar-refractivity contribution is 6.33. The van der Waals surface area contributed by atoms with E-state index in [-0.39, 0.29) is 5.91 Å². The molecular weight excluding hydrogens is 324 g/mol. The molecule has 0 atom stereocenters. The zero-order chi connectivity index (χ0) is 17.2. The number of aliphatic imine (C=N–C) groups is 1. The van der Waals surface area contributed by atoms with Gasteiger partial charge in [0.05, 0.1) is 10.6 Å². The first kappa shape index (κ1) is 17.8. The number of halogens is 1. The molecule has 0 aliphatic heterocycles. The number of guanidine groups is 1. The van der Waals surface area contributed by atoms with Gasteiger partial charge in [0.1, 0.15) is 0 Å². The first-order chi connectivity index (χ1) is 11.7. The molecular formula is C18H21ClN4O. The Kier molecular flexibility index (Phi) is 7.11. The number of hydrogen-bond acceptors (Lipinski definition) is 2. The fraction of sp³-hybridized carbons (Fsp3) is 0.222. The number of carbonyl (C=O) groups is 1. The van der Waals surface area contributed by atoms with Gasteiger partial charge in [-0.2, -0.15) is 0 Å². The van der Waals surface area contributed by atoms with E-state index in [1.54, 1.807) is 31.3 Å². The van der Waals surface area contributed by atoms with Gasteiger partial charge in [0.2, 0.25) is 0 Å². The van der Waals surface area contributed by atoms with Gasteiger partial charge in [0.15, 0.2) is 5.96 Å². The van der Waals surface area contributed by atoms with Gasteiger partial charge in [-0.05, 0) is 17.7 Å². The van der Waals surface area contributed by atoms with Crippen molar-refractivity contribution >= 4 is 23.5 Å². The molecule has 126 valence electrons. The van der Waals surface area contributed by atoms with Crippen LogP contribution < -0.4 is 16.0 Å². The van der Waals surface area contributed by atoms with Gasteiger partial charge in [0, 0.05) is 26.7 Å². The summed E-state index contributed by atoms with van der Waals surface area (Å²) < 4.78 is 0. The van der Waals surface area contributed by atoms with Crippen LogP contribution in [-0.4, -0.2) is 32.0 Å². The number of nitrogens with zero attached hydrogens (tertiary/aromatic N) is 1. The smallest absolute Gasteiger partial charge is 0.252 e. The van der Waals surface area contributed by atoms with Crippen LogP contribution in [-0.2, 0) is 6.54 Å². The maximum Gasteiger partial charge on any atom is 0.252 e. The molecule has 0 fully saturated rings. The van der Waals surface area contributed by atoms with E-state index in [9.17, 15) is 4.79 Å². The Morgan fingerprint density at radius 1 is 0.958 bits per heavy atom. The first-order valence-corrected chi connectivity index (χ1v) is 8.09. The summed E-state index contributed by atoms with van der Waals surface area (Å²) >= 11 is 6.00. The summed E-state index contributed by atoms with van der Waals surface area (Å²) in [5.41, 5.74) is 1.65. The zero-order valence-electron chi connectivity index (χ0n) is 13.6. The van der Waals surface area contributed by atoms with E-state index in [1.807, 2.05) is 30.3 Å². The van der Waals surface area contributed by atoms with Crippen LogP contribution in [0.25, 0.3) is 0 Å². The maximum atomic E-state index is 12.0. The molecule has 6 heteroatoms. The number of nitrogens with one attached hydrogen (secondary N) is 3. The summed E-state index contributed by atoms with van der Waals surface area (Å²) in [7, 11) is 1.71. The topological polar surface area (TPSA) is 65.5 Å². The van der Waals surface area contributed by atoms with Crippen molar-refractivity contribution in [2.75, 3.05) is 20.1 Å². The number of rotatable bonds is 6. The largest absolute Gasteiger partial charge is 0.355 e. The molecule has 0 bridgehead atoms. The van der Waals surface area contributed by atoms with Crippen LogP contribution in [0.3, 0.4) is 0 Å². The lowest BCUT2D eigenvalue weighted by Gasteiger charge is -2.12. The van der Waals surface area contributed by atoms with Crippen molar-refractivity contribution in [3.05, 3.63) is 70.7 Å². The van der Waals surface area contributed by atoms with Crippen molar-refractivity contribution in [2.45, 2.75) is 6.54 Å². The first-order valence-electron chi connectivity index (χ1n) is 7.72. The minimum Gasteiger partial charge on any atom is -0.355 e. The van der Waals surface area contributed by atoms with Gasteiger partial charge < -0.3 is 16.0 Å². The lowest BCUT2D eigenvalue weighted by molar-refractivity contribution is 0.0954. The summed E-state index contributed by atoms with van der Waals surface area (Å²) in [6.45, 7) is 1.72. The molecule has 2 aromatic carbocycles. The SMILES string of the molecule is CN=C(NCCNC(=O)c1ccccc1Cl)NCc1ccccc1. The molecule has 0 saturated heterocycles. The molecule has 2 rings (SSSR count). The molecule has 0 radical (unpaired) electrons. The predicted molar refractivity (Wildman–Crippen MR) is 98.4 cm³/mol. The van der Waals surface area contributed by atoms with Gasteiger partial charge in [0.25, 0.3) is 5.91 Å². The molecule has 5 nitrogen and oxygen atoms in total. The standard InChI is InChI=1S/C18H21ClN4O/c1-20-18(23-13-14-7-3-2-4-8-14)22-12-11-21-17(24)15-9-5-6-10-16(15)19/h2-10H,11-13H2,1H3,(H,21,24)(H2,20,22,23). The second kappa shape index (κ2) is 9.57.